The molecule has 10 heavy (non-hydrogen) atoms. The van der Waals surface area contributed by atoms with E-state index in [0.29, 0.717) is 5.56 Å². The van der Waals surface area contributed by atoms with Crippen molar-refractivity contribution in [3.63, 3.8) is 0 Å². The van der Waals surface area contributed by atoms with E-state index in [-0.39, 0.29) is 0 Å². The summed E-state index contributed by atoms with van der Waals surface area (Å²) < 4.78 is 12.7. The van der Waals surface area contributed by atoms with Crippen LogP contribution in [0.2, 0.25) is 0 Å². The Hall–Kier alpha value is -1.11. The normalized spacial score (nSPS) is 12.5. The van der Waals surface area contributed by atoms with Crippen molar-refractivity contribution in [1.82, 2.24) is 0 Å². The topological polar surface area (TPSA) is 0 Å². The number of hydrogen-bond acceptors (Lipinski definition) is 0. The van der Waals surface area contributed by atoms with E-state index >= 15 is 0 Å². The molecule has 1 radical (unpaired) electrons. The van der Waals surface area contributed by atoms with Gasteiger partial charge in [-0.15, -0.1) is 0 Å². The van der Waals surface area contributed by atoms with E-state index in [2.05, 4.69) is 12.6 Å². The van der Waals surface area contributed by atoms with E-state index < -0.39 is 6.17 Å². The van der Waals surface area contributed by atoms with Gasteiger partial charge in [0.2, 0.25) is 0 Å². The molecule has 51 valence electrons. The zero-order valence-electron chi connectivity index (χ0n) is 5.55. The van der Waals surface area contributed by atoms with Crippen LogP contribution in [0.5, 0.6) is 0 Å². The number of alkyl halides is 1. The molecule has 1 unspecified atom stereocenters. The smallest absolute Gasteiger partial charge is 0.144 e. The summed E-state index contributed by atoms with van der Waals surface area (Å²) in [6.45, 7) is 3.34. The predicted octanol–water partition coefficient (Wildman–Crippen LogP) is 2.68. The van der Waals surface area contributed by atoms with Gasteiger partial charge in [-0.2, -0.15) is 0 Å². The molecule has 0 aliphatic heterocycles. The molecule has 0 spiro atoms. The molecule has 0 saturated heterocycles. The second-order valence-electron chi connectivity index (χ2n) is 1.96. The summed E-state index contributed by atoms with van der Waals surface area (Å²) in [5.41, 5.74) is 0.539. The lowest BCUT2D eigenvalue weighted by Crippen LogP contribution is -1.84. The van der Waals surface area contributed by atoms with E-state index in [1.807, 2.05) is 0 Å². The summed E-state index contributed by atoms with van der Waals surface area (Å²) in [5, 5.41) is 0. The number of hydrogen-bond donors (Lipinski definition) is 0. The molecule has 1 atom stereocenters. The first kappa shape index (κ1) is 7.00. The Balaban J connectivity index is 2.84. The highest BCUT2D eigenvalue weighted by Crippen LogP contribution is 2.15. The first-order valence-electron chi connectivity index (χ1n) is 3.08. The maximum Gasteiger partial charge on any atom is 0.144 e. The van der Waals surface area contributed by atoms with Crippen molar-refractivity contribution in [2.24, 2.45) is 0 Å². The first-order chi connectivity index (χ1) is 4.84. The van der Waals surface area contributed by atoms with Gasteiger partial charge in [-0.05, 0) is 11.6 Å². The zero-order valence-corrected chi connectivity index (χ0v) is 5.55. The van der Waals surface area contributed by atoms with Crippen LogP contribution in [0.3, 0.4) is 0 Å². The highest BCUT2D eigenvalue weighted by molar-refractivity contribution is 5.18. The lowest BCUT2D eigenvalue weighted by Gasteiger charge is -1.99. The monoisotopic (exact) mass is 135 g/mol. The van der Waals surface area contributed by atoms with Crippen molar-refractivity contribution in [2.75, 3.05) is 0 Å². The molecule has 0 nitrogen and oxygen atoms in total. The Bertz CT molecular complexity index is 203. The molecular formula is C9H8F. The van der Waals surface area contributed by atoms with Crippen LogP contribution < -0.4 is 0 Å². The standard InChI is InChI=1S/C9H8F/c1-2-9(10)8-6-4-3-5-7-8/h2-6,9H,1H2. The third-order valence-corrected chi connectivity index (χ3v) is 1.24. The highest BCUT2D eigenvalue weighted by Gasteiger charge is 2.01. The Labute approximate surface area is 60.0 Å². The van der Waals surface area contributed by atoms with Gasteiger partial charge in [-0.3, -0.25) is 0 Å². The van der Waals surface area contributed by atoms with Crippen LogP contribution in [-0.4, -0.2) is 0 Å². The van der Waals surface area contributed by atoms with Crippen LogP contribution in [0.15, 0.2) is 36.9 Å². The minimum Gasteiger partial charge on any atom is -0.238 e. The van der Waals surface area contributed by atoms with Crippen molar-refractivity contribution in [3.8, 4) is 0 Å². The van der Waals surface area contributed by atoms with Crippen LogP contribution in [0.1, 0.15) is 11.7 Å². The lowest BCUT2D eigenvalue weighted by molar-refractivity contribution is 0.415. The number of allylic oxidation sites excluding steroid dienone is 1. The maximum absolute atomic E-state index is 12.7. The van der Waals surface area contributed by atoms with Crippen molar-refractivity contribution >= 4 is 0 Å². The Morgan fingerprint density at radius 1 is 1.60 bits per heavy atom. The molecule has 1 heteroatoms. The van der Waals surface area contributed by atoms with E-state index in [1.165, 1.54) is 6.08 Å². The summed E-state index contributed by atoms with van der Waals surface area (Å²) in [5.74, 6) is 0. The highest BCUT2D eigenvalue weighted by atomic mass is 19.1. The lowest BCUT2D eigenvalue weighted by atomic mass is 10.1. The largest absolute Gasteiger partial charge is 0.238 e. The molecule has 0 aliphatic carbocycles. The fourth-order valence-corrected chi connectivity index (χ4v) is 0.706. The van der Waals surface area contributed by atoms with Crippen LogP contribution in [0.25, 0.3) is 0 Å². The second kappa shape index (κ2) is 3.16. The van der Waals surface area contributed by atoms with Crippen LogP contribution in [0.4, 0.5) is 4.39 Å². The van der Waals surface area contributed by atoms with Gasteiger partial charge in [-0.25, -0.2) is 4.39 Å². The number of benzene rings is 1. The average molecular weight is 135 g/mol. The number of rotatable bonds is 2. The van der Waals surface area contributed by atoms with Gasteiger partial charge in [0.15, 0.2) is 0 Å². The second-order valence-corrected chi connectivity index (χ2v) is 1.96. The van der Waals surface area contributed by atoms with E-state index in [0.717, 1.165) is 0 Å². The Morgan fingerprint density at radius 3 is 2.90 bits per heavy atom. The van der Waals surface area contributed by atoms with Gasteiger partial charge in [0.1, 0.15) is 6.17 Å². The van der Waals surface area contributed by atoms with Gasteiger partial charge in [0.25, 0.3) is 0 Å². The van der Waals surface area contributed by atoms with E-state index in [9.17, 15) is 4.39 Å². The SMILES string of the molecule is C=CC(F)c1[c]cccc1. The first-order valence-corrected chi connectivity index (χ1v) is 3.08. The molecule has 0 aromatic heterocycles. The van der Waals surface area contributed by atoms with Crippen molar-refractivity contribution in [1.29, 1.82) is 0 Å². The molecule has 0 saturated carbocycles. The quantitative estimate of drug-likeness (QED) is 0.547. The summed E-state index contributed by atoms with van der Waals surface area (Å²) in [6.07, 6.45) is 0.174. The molecule has 0 N–H and O–H groups in total. The van der Waals surface area contributed by atoms with Crippen LogP contribution in [-0.2, 0) is 0 Å². The molecule has 1 aromatic carbocycles. The Kier molecular flexibility index (Phi) is 2.21. The zero-order chi connectivity index (χ0) is 7.40. The Morgan fingerprint density at radius 2 is 2.40 bits per heavy atom. The fourth-order valence-electron chi connectivity index (χ4n) is 0.706. The maximum atomic E-state index is 12.7. The van der Waals surface area contributed by atoms with Crippen molar-refractivity contribution in [3.05, 3.63) is 48.6 Å². The molecule has 0 amide bonds. The molecule has 1 rings (SSSR count). The van der Waals surface area contributed by atoms with Crippen LogP contribution >= 0.6 is 0 Å². The van der Waals surface area contributed by atoms with Crippen molar-refractivity contribution in [2.45, 2.75) is 6.17 Å². The summed E-state index contributed by atoms with van der Waals surface area (Å²) in [6, 6.07) is 9.73. The van der Waals surface area contributed by atoms with E-state index in [1.54, 1.807) is 24.3 Å². The average Bonchev–Trinajstić information content (AvgIpc) is 2.05. The summed E-state index contributed by atoms with van der Waals surface area (Å²) in [4.78, 5) is 0. The minimum atomic E-state index is -1.08. The van der Waals surface area contributed by atoms with Gasteiger partial charge < -0.3 is 0 Å². The molecule has 0 bridgehead atoms. The van der Waals surface area contributed by atoms with E-state index in [4.69, 9.17) is 0 Å². The fraction of sp³-hybridized carbons (Fsp3) is 0.111. The molecule has 0 heterocycles. The minimum absolute atomic E-state index is 0.539. The van der Waals surface area contributed by atoms with Crippen LogP contribution in [0, 0.1) is 6.07 Å². The molecule has 1 aromatic rings. The summed E-state index contributed by atoms with van der Waals surface area (Å²) in [7, 11) is 0. The van der Waals surface area contributed by atoms with Gasteiger partial charge in [0, 0.05) is 0 Å². The predicted molar refractivity (Wildman–Crippen MR) is 39.3 cm³/mol. The van der Waals surface area contributed by atoms with Gasteiger partial charge in [-0.1, -0.05) is 36.9 Å². The molecule has 0 aliphatic rings. The molecular weight excluding hydrogens is 127 g/mol. The third-order valence-electron chi connectivity index (χ3n) is 1.24. The van der Waals surface area contributed by atoms with Crippen molar-refractivity contribution < 1.29 is 4.39 Å². The van der Waals surface area contributed by atoms with Gasteiger partial charge >= 0.3 is 0 Å². The van der Waals surface area contributed by atoms with Gasteiger partial charge in [0.05, 0.1) is 0 Å². The number of halogens is 1. The third kappa shape index (κ3) is 1.44. The molecule has 0 fully saturated rings. The summed E-state index contributed by atoms with van der Waals surface area (Å²) >= 11 is 0.